The van der Waals surface area contributed by atoms with Crippen LogP contribution < -0.4 is 0 Å². The molecule has 1 heterocycles. The van der Waals surface area contributed by atoms with Gasteiger partial charge >= 0.3 is 0 Å². The Morgan fingerprint density at radius 3 is 2.50 bits per heavy atom. The summed E-state index contributed by atoms with van der Waals surface area (Å²) in [5, 5.41) is 0. The zero-order valence-electron chi connectivity index (χ0n) is 12.0. The van der Waals surface area contributed by atoms with Crippen LogP contribution in [0.15, 0.2) is 36.0 Å². The lowest BCUT2D eigenvalue weighted by Gasteiger charge is -2.36. The van der Waals surface area contributed by atoms with Crippen LogP contribution in [-0.4, -0.2) is 24.5 Å². The molecule has 0 aromatic rings. The summed E-state index contributed by atoms with van der Waals surface area (Å²) in [5.74, 6) is 2.94. The summed E-state index contributed by atoms with van der Waals surface area (Å²) < 4.78 is 0. The number of hydrogen-bond donors (Lipinski definition) is 0. The SMILES string of the molecule is C#CC1(C)CCN(C/C(C=C)=C/C(C)=C\C)CC1. The average molecular weight is 243 g/mol. The highest BCUT2D eigenvalue weighted by Gasteiger charge is 2.27. The molecular weight excluding hydrogens is 218 g/mol. The second-order valence-corrected chi connectivity index (χ2v) is 5.44. The summed E-state index contributed by atoms with van der Waals surface area (Å²) in [5.41, 5.74) is 2.68. The van der Waals surface area contributed by atoms with Crippen LogP contribution in [-0.2, 0) is 0 Å². The van der Waals surface area contributed by atoms with Crippen molar-refractivity contribution in [2.24, 2.45) is 5.41 Å². The van der Waals surface area contributed by atoms with Crippen molar-refractivity contribution in [2.45, 2.75) is 33.6 Å². The van der Waals surface area contributed by atoms with E-state index >= 15 is 0 Å². The quantitative estimate of drug-likeness (QED) is 0.536. The van der Waals surface area contributed by atoms with Crippen molar-refractivity contribution in [2.75, 3.05) is 19.6 Å². The maximum Gasteiger partial charge on any atom is 0.0308 e. The number of hydrogen-bond acceptors (Lipinski definition) is 1. The van der Waals surface area contributed by atoms with Crippen molar-refractivity contribution in [1.82, 2.24) is 4.90 Å². The molecule has 0 spiro atoms. The molecule has 1 fully saturated rings. The Morgan fingerprint density at radius 2 is 2.06 bits per heavy atom. The summed E-state index contributed by atoms with van der Waals surface area (Å²) in [6.45, 7) is 13.4. The number of rotatable bonds is 4. The van der Waals surface area contributed by atoms with Crippen molar-refractivity contribution in [3.05, 3.63) is 36.0 Å². The topological polar surface area (TPSA) is 3.24 Å². The van der Waals surface area contributed by atoms with E-state index in [0.29, 0.717) is 0 Å². The van der Waals surface area contributed by atoms with E-state index in [1.165, 1.54) is 11.1 Å². The van der Waals surface area contributed by atoms with Crippen LogP contribution in [0.2, 0.25) is 0 Å². The van der Waals surface area contributed by atoms with Crippen molar-refractivity contribution >= 4 is 0 Å². The zero-order valence-corrected chi connectivity index (χ0v) is 12.0. The Bertz CT molecular complexity index is 384. The van der Waals surface area contributed by atoms with E-state index in [0.717, 1.165) is 32.5 Å². The summed E-state index contributed by atoms with van der Waals surface area (Å²) in [7, 11) is 0. The molecule has 0 aromatic carbocycles. The molecule has 0 aliphatic carbocycles. The van der Waals surface area contributed by atoms with Gasteiger partial charge in [-0.2, -0.15) is 0 Å². The normalized spacial score (nSPS) is 21.4. The van der Waals surface area contributed by atoms with E-state index in [9.17, 15) is 0 Å². The first-order valence-corrected chi connectivity index (χ1v) is 6.69. The Kier molecular flexibility index (Phi) is 5.44. The molecule has 0 N–H and O–H groups in total. The van der Waals surface area contributed by atoms with E-state index < -0.39 is 0 Å². The molecule has 0 unspecified atom stereocenters. The van der Waals surface area contributed by atoms with Gasteiger partial charge in [0.1, 0.15) is 0 Å². The predicted octanol–water partition coefficient (Wildman–Crippen LogP) is 3.80. The molecule has 0 saturated carbocycles. The van der Waals surface area contributed by atoms with E-state index in [2.05, 4.69) is 50.3 Å². The summed E-state index contributed by atoms with van der Waals surface area (Å²) in [6, 6.07) is 0. The molecule has 98 valence electrons. The Hall–Kier alpha value is -1.26. The van der Waals surface area contributed by atoms with Gasteiger partial charge in [-0.3, -0.25) is 4.90 Å². The molecule has 0 amide bonds. The van der Waals surface area contributed by atoms with Crippen molar-refractivity contribution in [3.63, 3.8) is 0 Å². The fourth-order valence-corrected chi connectivity index (χ4v) is 2.15. The van der Waals surface area contributed by atoms with Gasteiger partial charge < -0.3 is 0 Å². The number of likely N-dealkylation sites (tertiary alicyclic amines) is 1. The summed E-state index contributed by atoms with van der Waals surface area (Å²) in [6.07, 6.45) is 14.1. The van der Waals surface area contributed by atoms with Gasteiger partial charge in [0, 0.05) is 12.0 Å². The molecule has 1 saturated heterocycles. The van der Waals surface area contributed by atoms with Crippen molar-refractivity contribution in [3.8, 4) is 12.3 Å². The summed E-state index contributed by atoms with van der Waals surface area (Å²) >= 11 is 0. The molecule has 18 heavy (non-hydrogen) atoms. The fourth-order valence-electron chi connectivity index (χ4n) is 2.15. The van der Waals surface area contributed by atoms with Crippen molar-refractivity contribution in [1.29, 1.82) is 0 Å². The van der Waals surface area contributed by atoms with Gasteiger partial charge in [0.2, 0.25) is 0 Å². The second-order valence-electron chi connectivity index (χ2n) is 5.44. The van der Waals surface area contributed by atoms with Crippen LogP contribution in [0, 0.1) is 17.8 Å². The first-order chi connectivity index (χ1) is 8.53. The number of terminal acetylenes is 1. The largest absolute Gasteiger partial charge is 0.299 e. The molecular formula is C17H25N. The van der Waals surface area contributed by atoms with Gasteiger partial charge in [0.05, 0.1) is 0 Å². The minimum absolute atomic E-state index is 0.105. The molecule has 0 aromatic heterocycles. The maximum atomic E-state index is 5.59. The zero-order chi connectivity index (χ0) is 13.6. The van der Waals surface area contributed by atoms with E-state index in [1.807, 2.05) is 6.08 Å². The second kappa shape index (κ2) is 6.61. The highest BCUT2D eigenvalue weighted by Crippen LogP contribution is 2.30. The van der Waals surface area contributed by atoms with Gasteiger partial charge in [-0.25, -0.2) is 0 Å². The van der Waals surface area contributed by atoms with Gasteiger partial charge in [0.15, 0.2) is 0 Å². The Balaban J connectivity index is 2.57. The van der Waals surface area contributed by atoms with Gasteiger partial charge in [-0.1, -0.05) is 30.4 Å². The number of allylic oxidation sites excluding steroid dienone is 3. The number of nitrogens with zero attached hydrogens (tertiary/aromatic N) is 1. The smallest absolute Gasteiger partial charge is 0.0308 e. The van der Waals surface area contributed by atoms with Gasteiger partial charge in [0.25, 0.3) is 0 Å². The van der Waals surface area contributed by atoms with Crippen LogP contribution >= 0.6 is 0 Å². The van der Waals surface area contributed by atoms with E-state index in [4.69, 9.17) is 6.42 Å². The third-order valence-corrected chi connectivity index (χ3v) is 3.84. The Labute approximate surface area is 112 Å². The lowest BCUT2D eigenvalue weighted by molar-refractivity contribution is 0.170. The molecule has 0 atom stereocenters. The molecule has 1 aliphatic rings. The molecule has 0 radical (unpaired) electrons. The summed E-state index contributed by atoms with van der Waals surface area (Å²) in [4.78, 5) is 2.47. The lowest BCUT2D eigenvalue weighted by Crippen LogP contribution is -2.38. The minimum Gasteiger partial charge on any atom is -0.299 e. The standard InChI is InChI=1S/C17H25N/c1-6-15(4)13-16(7-2)14-18-11-9-17(5,8-3)10-12-18/h3,6-7,13H,2,9-12,14H2,1,4-5H3/b15-6-,16-13+. The number of piperidine rings is 1. The molecule has 0 bridgehead atoms. The van der Waals surface area contributed by atoms with Crippen molar-refractivity contribution < 1.29 is 0 Å². The highest BCUT2D eigenvalue weighted by atomic mass is 15.1. The first kappa shape index (κ1) is 14.8. The van der Waals surface area contributed by atoms with Crippen LogP contribution in [0.25, 0.3) is 0 Å². The van der Waals surface area contributed by atoms with Gasteiger partial charge in [-0.15, -0.1) is 12.3 Å². The van der Waals surface area contributed by atoms with Gasteiger partial charge in [-0.05, 0) is 52.3 Å². The lowest BCUT2D eigenvalue weighted by atomic mass is 9.81. The average Bonchev–Trinajstić information content (AvgIpc) is 2.40. The monoisotopic (exact) mass is 243 g/mol. The molecule has 1 nitrogen and oxygen atoms in total. The molecule has 1 rings (SSSR count). The fraction of sp³-hybridized carbons (Fsp3) is 0.529. The Morgan fingerprint density at radius 1 is 1.44 bits per heavy atom. The molecule has 1 heteroatoms. The van der Waals surface area contributed by atoms with Crippen LogP contribution in [0.1, 0.15) is 33.6 Å². The predicted molar refractivity (Wildman–Crippen MR) is 80.3 cm³/mol. The van der Waals surface area contributed by atoms with Crippen LogP contribution in [0.4, 0.5) is 0 Å². The van der Waals surface area contributed by atoms with E-state index in [-0.39, 0.29) is 5.41 Å². The maximum absolute atomic E-state index is 5.59. The third kappa shape index (κ3) is 4.20. The highest BCUT2D eigenvalue weighted by molar-refractivity contribution is 5.28. The van der Waals surface area contributed by atoms with E-state index in [1.54, 1.807) is 0 Å². The molecule has 1 aliphatic heterocycles. The van der Waals surface area contributed by atoms with Crippen LogP contribution in [0.5, 0.6) is 0 Å². The van der Waals surface area contributed by atoms with Crippen LogP contribution in [0.3, 0.4) is 0 Å². The minimum atomic E-state index is 0.105. The third-order valence-electron chi connectivity index (χ3n) is 3.84. The first-order valence-electron chi connectivity index (χ1n) is 6.69.